The monoisotopic (exact) mass is 405 g/mol. The highest BCUT2D eigenvalue weighted by molar-refractivity contribution is 7.99. The van der Waals surface area contributed by atoms with Gasteiger partial charge in [0.2, 0.25) is 0 Å². The first-order chi connectivity index (χ1) is 13.8. The van der Waals surface area contributed by atoms with Gasteiger partial charge in [0.05, 0.1) is 12.8 Å². The molecular formula is C20H15N5OS2. The second-order valence-electron chi connectivity index (χ2n) is 6.19. The number of aryl methyl sites for hydroxylation is 1. The Balaban J connectivity index is 1.59. The fourth-order valence-corrected chi connectivity index (χ4v) is 4.78. The van der Waals surface area contributed by atoms with E-state index in [0.717, 1.165) is 37.5 Å². The molecule has 0 aliphatic rings. The molecule has 28 heavy (non-hydrogen) atoms. The van der Waals surface area contributed by atoms with Gasteiger partial charge in [-0.2, -0.15) is 0 Å². The van der Waals surface area contributed by atoms with Crippen LogP contribution in [0, 0.1) is 6.92 Å². The second kappa shape index (κ2) is 7.21. The summed E-state index contributed by atoms with van der Waals surface area (Å²) >= 11 is 3.16. The van der Waals surface area contributed by atoms with E-state index in [1.54, 1.807) is 23.9 Å². The van der Waals surface area contributed by atoms with Gasteiger partial charge in [-0.3, -0.25) is 4.57 Å². The van der Waals surface area contributed by atoms with E-state index in [2.05, 4.69) is 37.7 Å². The number of fused-ring (bicyclic) bond motifs is 1. The highest BCUT2D eigenvalue weighted by Gasteiger charge is 2.18. The van der Waals surface area contributed by atoms with Gasteiger partial charge in [0.25, 0.3) is 0 Å². The molecule has 5 aromatic rings. The quantitative estimate of drug-likeness (QED) is 0.381. The highest BCUT2D eigenvalue weighted by Crippen LogP contribution is 2.35. The Labute approximate surface area is 169 Å². The first-order valence-corrected chi connectivity index (χ1v) is 10.3. The van der Waals surface area contributed by atoms with Crippen molar-refractivity contribution in [2.24, 2.45) is 0 Å². The van der Waals surface area contributed by atoms with Crippen molar-refractivity contribution in [3.63, 3.8) is 0 Å². The smallest absolute Gasteiger partial charge is 0.198 e. The van der Waals surface area contributed by atoms with Gasteiger partial charge in [0, 0.05) is 15.8 Å². The Hall–Kier alpha value is -2.97. The van der Waals surface area contributed by atoms with E-state index >= 15 is 0 Å². The van der Waals surface area contributed by atoms with Crippen molar-refractivity contribution in [1.82, 2.24) is 24.7 Å². The third-order valence-corrected chi connectivity index (χ3v) is 6.21. The van der Waals surface area contributed by atoms with Crippen LogP contribution in [0.2, 0.25) is 0 Å². The van der Waals surface area contributed by atoms with E-state index < -0.39 is 0 Å². The molecule has 138 valence electrons. The summed E-state index contributed by atoms with van der Waals surface area (Å²) in [6.45, 7) is 2.62. The van der Waals surface area contributed by atoms with E-state index in [1.807, 2.05) is 42.5 Å². The number of hydrogen-bond donors (Lipinski definition) is 0. The molecule has 4 aromatic heterocycles. The SMILES string of the molecule is Cc1cc2c(Sc3nnc(-c4ccccc4)n3Cc3ccco3)ncnc2s1. The number of nitrogens with zero attached hydrogens (tertiary/aromatic N) is 5. The lowest BCUT2D eigenvalue weighted by Crippen LogP contribution is -2.03. The normalized spacial score (nSPS) is 11.3. The summed E-state index contributed by atoms with van der Waals surface area (Å²) in [4.78, 5) is 11.1. The molecule has 8 heteroatoms. The predicted molar refractivity (Wildman–Crippen MR) is 110 cm³/mol. The zero-order chi connectivity index (χ0) is 18.9. The summed E-state index contributed by atoms with van der Waals surface area (Å²) in [5, 5.41) is 11.6. The summed E-state index contributed by atoms with van der Waals surface area (Å²) in [5.41, 5.74) is 1.01. The molecular weight excluding hydrogens is 390 g/mol. The largest absolute Gasteiger partial charge is 0.467 e. The lowest BCUT2D eigenvalue weighted by atomic mass is 10.2. The Bertz CT molecular complexity index is 1230. The fraction of sp³-hybridized carbons (Fsp3) is 0.100. The molecule has 0 spiro atoms. The minimum absolute atomic E-state index is 0.545. The lowest BCUT2D eigenvalue weighted by molar-refractivity contribution is 0.485. The molecule has 6 nitrogen and oxygen atoms in total. The highest BCUT2D eigenvalue weighted by atomic mass is 32.2. The maximum absolute atomic E-state index is 5.57. The Morgan fingerprint density at radius 2 is 1.96 bits per heavy atom. The molecule has 0 atom stereocenters. The van der Waals surface area contributed by atoms with Crippen molar-refractivity contribution >= 4 is 33.3 Å². The molecule has 0 aliphatic carbocycles. The molecule has 0 amide bonds. The maximum Gasteiger partial charge on any atom is 0.198 e. The van der Waals surface area contributed by atoms with E-state index in [9.17, 15) is 0 Å². The minimum Gasteiger partial charge on any atom is -0.467 e. The fourth-order valence-electron chi connectivity index (χ4n) is 2.99. The van der Waals surface area contributed by atoms with Crippen LogP contribution in [0.1, 0.15) is 10.6 Å². The van der Waals surface area contributed by atoms with Crippen LogP contribution in [0.4, 0.5) is 0 Å². The van der Waals surface area contributed by atoms with Gasteiger partial charge in [-0.1, -0.05) is 30.3 Å². The molecule has 4 heterocycles. The van der Waals surface area contributed by atoms with Crippen molar-refractivity contribution in [1.29, 1.82) is 0 Å². The van der Waals surface area contributed by atoms with Crippen LogP contribution >= 0.6 is 23.1 Å². The number of benzene rings is 1. The first-order valence-electron chi connectivity index (χ1n) is 8.68. The maximum atomic E-state index is 5.57. The zero-order valence-corrected chi connectivity index (χ0v) is 16.6. The molecule has 0 radical (unpaired) electrons. The number of furan rings is 1. The van der Waals surface area contributed by atoms with E-state index in [0.29, 0.717) is 6.54 Å². The predicted octanol–water partition coefficient (Wildman–Crippen LogP) is 5.05. The summed E-state index contributed by atoms with van der Waals surface area (Å²) in [6.07, 6.45) is 3.28. The van der Waals surface area contributed by atoms with Gasteiger partial charge >= 0.3 is 0 Å². The molecule has 0 aliphatic heterocycles. The third-order valence-electron chi connectivity index (χ3n) is 4.25. The molecule has 0 bridgehead atoms. The van der Waals surface area contributed by atoms with Crippen LogP contribution < -0.4 is 0 Å². The average molecular weight is 406 g/mol. The molecule has 0 unspecified atom stereocenters. The van der Waals surface area contributed by atoms with Gasteiger partial charge in [-0.25, -0.2) is 9.97 Å². The van der Waals surface area contributed by atoms with Gasteiger partial charge in [0.15, 0.2) is 11.0 Å². The topological polar surface area (TPSA) is 69.6 Å². The standard InChI is InChI=1S/C20H15N5OS2/c1-13-10-16-18(27-13)21-12-22-19(16)28-20-24-23-17(14-6-3-2-4-7-14)25(20)11-15-8-5-9-26-15/h2-10,12H,11H2,1H3. The van der Waals surface area contributed by atoms with Crippen LogP contribution in [0.25, 0.3) is 21.6 Å². The van der Waals surface area contributed by atoms with E-state index in [4.69, 9.17) is 4.42 Å². The van der Waals surface area contributed by atoms with Gasteiger partial charge in [-0.05, 0) is 36.9 Å². The van der Waals surface area contributed by atoms with Crippen LogP contribution in [-0.2, 0) is 6.54 Å². The number of rotatable bonds is 5. The van der Waals surface area contributed by atoms with Crippen molar-refractivity contribution < 1.29 is 4.42 Å². The first kappa shape index (κ1) is 17.2. The Morgan fingerprint density at radius 1 is 1.07 bits per heavy atom. The van der Waals surface area contributed by atoms with Gasteiger partial charge in [0.1, 0.15) is 21.9 Å². The summed E-state index contributed by atoms with van der Waals surface area (Å²) in [6, 6.07) is 16.0. The zero-order valence-electron chi connectivity index (χ0n) is 14.9. The average Bonchev–Trinajstić information content (AvgIpc) is 3.44. The molecule has 0 N–H and O–H groups in total. The van der Waals surface area contributed by atoms with E-state index in [-0.39, 0.29) is 0 Å². The third kappa shape index (κ3) is 3.21. The second-order valence-corrected chi connectivity index (χ2v) is 8.39. The summed E-state index contributed by atoms with van der Waals surface area (Å²) in [7, 11) is 0. The Kier molecular flexibility index (Phi) is 4.42. The van der Waals surface area contributed by atoms with Crippen molar-refractivity contribution in [2.45, 2.75) is 23.7 Å². The molecule has 0 saturated carbocycles. The summed E-state index contributed by atoms with van der Waals surface area (Å²) in [5.74, 6) is 1.64. The van der Waals surface area contributed by atoms with Gasteiger partial charge < -0.3 is 4.42 Å². The minimum atomic E-state index is 0.545. The van der Waals surface area contributed by atoms with Gasteiger partial charge in [-0.15, -0.1) is 21.5 Å². The van der Waals surface area contributed by atoms with Crippen LogP contribution in [0.15, 0.2) is 75.7 Å². The molecule has 5 rings (SSSR count). The van der Waals surface area contributed by atoms with Crippen molar-refractivity contribution in [2.75, 3.05) is 0 Å². The van der Waals surface area contributed by atoms with Crippen molar-refractivity contribution in [3.05, 3.63) is 71.8 Å². The molecule has 0 saturated heterocycles. The van der Waals surface area contributed by atoms with Crippen LogP contribution in [0.3, 0.4) is 0 Å². The lowest BCUT2D eigenvalue weighted by Gasteiger charge is -2.09. The summed E-state index contributed by atoms with van der Waals surface area (Å²) < 4.78 is 7.63. The number of thiophene rings is 1. The van der Waals surface area contributed by atoms with Crippen LogP contribution in [-0.4, -0.2) is 24.7 Å². The number of aromatic nitrogens is 5. The number of hydrogen-bond acceptors (Lipinski definition) is 7. The van der Waals surface area contributed by atoms with Crippen molar-refractivity contribution in [3.8, 4) is 11.4 Å². The molecule has 0 fully saturated rings. The molecule has 1 aromatic carbocycles. The van der Waals surface area contributed by atoms with E-state index in [1.165, 1.54) is 16.6 Å². The van der Waals surface area contributed by atoms with Crippen LogP contribution in [0.5, 0.6) is 0 Å². The Morgan fingerprint density at radius 3 is 2.79 bits per heavy atom.